The number of nitrogens with zero attached hydrogens (tertiary/aromatic N) is 5. The summed E-state index contributed by atoms with van der Waals surface area (Å²) in [6, 6.07) is 4.67. The Bertz CT molecular complexity index is 1430. The van der Waals surface area contributed by atoms with Gasteiger partial charge in [-0.05, 0) is 12.1 Å². The smallest absolute Gasteiger partial charge is 0.352 e. The normalized spacial score (nSPS) is 19.3. The predicted octanol–water partition coefficient (Wildman–Crippen LogP) is 0.192. The van der Waals surface area contributed by atoms with E-state index in [1.54, 1.807) is 11.6 Å². The van der Waals surface area contributed by atoms with Crippen molar-refractivity contribution in [3.05, 3.63) is 59.1 Å². The van der Waals surface area contributed by atoms with Gasteiger partial charge in [0.15, 0.2) is 29.8 Å². The molecule has 0 bridgehead atoms. The van der Waals surface area contributed by atoms with Crippen LogP contribution in [0.2, 0.25) is 0 Å². The van der Waals surface area contributed by atoms with Crippen LogP contribution in [0.15, 0.2) is 58.6 Å². The summed E-state index contributed by atoms with van der Waals surface area (Å²) in [5.74, 6) is -2.04. The van der Waals surface area contributed by atoms with Gasteiger partial charge in [-0.25, -0.2) is 14.3 Å². The van der Waals surface area contributed by atoms with Gasteiger partial charge in [0.25, 0.3) is 11.8 Å². The quantitative estimate of drug-likeness (QED) is 0.134. The van der Waals surface area contributed by atoms with Gasteiger partial charge >= 0.3 is 5.97 Å². The van der Waals surface area contributed by atoms with Gasteiger partial charge in [0, 0.05) is 29.0 Å². The molecule has 0 spiro atoms. The van der Waals surface area contributed by atoms with Crippen molar-refractivity contribution in [1.82, 2.24) is 25.4 Å². The largest absolute Gasteiger partial charge is 0.477 e. The molecule has 0 unspecified atom stereocenters. The number of carbonyl (C=O) groups excluding carboxylic acids is 2. The van der Waals surface area contributed by atoms with Crippen LogP contribution in [0, 0.1) is 0 Å². The molecule has 3 aromatic heterocycles. The zero-order valence-electron chi connectivity index (χ0n) is 19.3. The van der Waals surface area contributed by atoms with E-state index in [2.05, 4.69) is 25.7 Å². The van der Waals surface area contributed by atoms with Crippen LogP contribution in [0.1, 0.15) is 5.69 Å². The monoisotopic (exact) mass is 541 g/mol. The molecular formula is C22H21N8O5S2+. The standard InChI is InChI=1S/C22H20N8O5S2/c1-35-28-15(14-10-37-22(23)25-14)18(31)26-16-19(32)30-17(21(33)34)12(9-36-20(16)30)8-29-6-2-3-11(7-29)13-4-5-24-27-13/h2-7,10,16,20H,8-9H2,1H3,(H4-,23,24,25,26,27,31,33,34)/p+1/b28-15-/t16-,20-/m1/s1. The van der Waals surface area contributed by atoms with Crippen LogP contribution in [0.25, 0.3) is 11.3 Å². The average molecular weight is 542 g/mol. The number of carbonyl (C=O) groups is 3. The van der Waals surface area contributed by atoms with Crippen LogP contribution in [-0.2, 0) is 25.8 Å². The molecule has 2 aliphatic heterocycles. The molecule has 3 aromatic rings. The lowest BCUT2D eigenvalue weighted by molar-refractivity contribution is -0.688. The number of carboxylic acid groups (broad SMARTS) is 1. The highest BCUT2D eigenvalue weighted by atomic mass is 32.2. The Kier molecular flexibility index (Phi) is 6.62. The Hall–Kier alpha value is -4.24. The lowest BCUT2D eigenvalue weighted by atomic mass is 10.0. The van der Waals surface area contributed by atoms with E-state index in [1.807, 2.05) is 35.2 Å². The second-order valence-electron chi connectivity index (χ2n) is 8.05. The minimum absolute atomic E-state index is 0.0725. The van der Waals surface area contributed by atoms with Crippen molar-refractivity contribution in [2.24, 2.45) is 5.16 Å². The second kappa shape index (κ2) is 10.0. The average Bonchev–Trinajstić information content (AvgIpc) is 3.57. The number of aliphatic carboxylic acids is 1. The Morgan fingerprint density at radius 2 is 2.27 bits per heavy atom. The molecule has 15 heteroatoms. The lowest BCUT2D eigenvalue weighted by Crippen LogP contribution is -2.71. The third-order valence-electron chi connectivity index (χ3n) is 5.74. The number of rotatable bonds is 8. The maximum atomic E-state index is 13.1. The third kappa shape index (κ3) is 4.65. The van der Waals surface area contributed by atoms with Crippen LogP contribution >= 0.6 is 23.1 Å². The summed E-state index contributed by atoms with van der Waals surface area (Å²) in [4.78, 5) is 48.2. The van der Waals surface area contributed by atoms with Crippen LogP contribution in [0.3, 0.4) is 0 Å². The Balaban J connectivity index is 1.35. The van der Waals surface area contributed by atoms with Crippen LogP contribution < -0.4 is 15.6 Å². The van der Waals surface area contributed by atoms with E-state index >= 15 is 0 Å². The summed E-state index contributed by atoms with van der Waals surface area (Å²) in [5.41, 5.74) is 7.96. The van der Waals surface area contributed by atoms with E-state index in [0.29, 0.717) is 11.3 Å². The number of aromatic amines is 1. The van der Waals surface area contributed by atoms with Crippen molar-refractivity contribution >= 4 is 51.7 Å². The number of β-lactam (4-membered cyclic amide) rings is 1. The van der Waals surface area contributed by atoms with E-state index in [-0.39, 0.29) is 28.8 Å². The number of nitrogens with two attached hydrogens (primary N) is 1. The van der Waals surface area contributed by atoms with Gasteiger partial charge in [-0.3, -0.25) is 19.6 Å². The Morgan fingerprint density at radius 1 is 1.43 bits per heavy atom. The first-order chi connectivity index (χ1) is 17.9. The van der Waals surface area contributed by atoms with Gasteiger partial charge in [-0.1, -0.05) is 5.16 Å². The van der Waals surface area contributed by atoms with Crippen LogP contribution in [-0.4, -0.2) is 73.0 Å². The van der Waals surface area contributed by atoms with Crippen LogP contribution in [0.5, 0.6) is 0 Å². The molecule has 0 saturated carbocycles. The number of anilines is 1. The van der Waals surface area contributed by atoms with E-state index in [9.17, 15) is 19.5 Å². The lowest BCUT2D eigenvalue weighted by Gasteiger charge is -2.49. The van der Waals surface area contributed by atoms with Gasteiger partial charge in [0.1, 0.15) is 29.9 Å². The van der Waals surface area contributed by atoms with E-state index in [1.165, 1.54) is 23.8 Å². The molecule has 13 nitrogen and oxygen atoms in total. The van der Waals surface area contributed by atoms with E-state index in [4.69, 9.17) is 10.6 Å². The zero-order chi connectivity index (χ0) is 26.1. The fourth-order valence-electron chi connectivity index (χ4n) is 4.12. The molecule has 2 aliphatic rings. The number of aromatic nitrogens is 4. The molecule has 0 aromatic carbocycles. The molecule has 2 atom stereocenters. The fourth-order valence-corrected chi connectivity index (χ4v) is 6.01. The van der Waals surface area contributed by atoms with Gasteiger partial charge in [0.05, 0.1) is 11.3 Å². The summed E-state index contributed by atoms with van der Waals surface area (Å²) >= 11 is 2.51. The van der Waals surface area contributed by atoms with E-state index in [0.717, 1.165) is 22.6 Å². The number of oxime groups is 1. The zero-order valence-corrected chi connectivity index (χ0v) is 21.0. The van der Waals surface area contributed by atoms with E-state index < -0.39 is 29.2 Å². The van der Waals surface area contributed by atoms with Crippen molar-refractivity contribution < 1.29 is 28.9 Å². The van der Waals surface area contributed by atoms with Crippen LogP contribution in [0.4, 0.5) is 5.13 Å². The topological polar surface area (TPSA) is 180 Å². The number of fused-ring (bicyclic) bond motifs is 1. The SMILES string of the molecule is CO/N=C(\C(=O)N[C@@H]1C(=O)N2C(C(=O)O)=C(C[n+]3cccc(-c4ccn[nH]4)c3)CS[C@H]12)c1csc(N)n1. The number of nitrogens with one attached hydrogen (secondary N) is 2. The second-order valence-corrected chi connectivity index (χ2v) is 10.0. The number of thiazole rings is 1. The summed E-state index contributed by atoms with van der Waals surface area (Å²) in [7, 11) is 1.28. The van der Waals surface area contributed by atoms with Crippen molar-refractivity contribution in [3.63, 3.8) is 0 Å². The highest BCUT2D eigenvalue weighted by Crippen LogP contribution is 2.40. The highest BCUT2D eigenvalue weighted by molar-refractivity contribution is 8.00. The molecule has 1 fully saturated rings. The van der Waals surface area contributed by atoms with Crippen molar-refractivity contribution in [3.8, 4) is 11.3 Å². The summed E-state index contributed by atoms with van der Waals surface area (Å²) in [5, 5.41) is 24.4. The fraction of sp³-hybridized carbons (Fsp3) is 0.227. The molecule has 37 heavy (non-hydrogen) atoms. The number of carboxylic acids is 1. The Morgan fingerprint density at radius 3 is 2.95 bits per heavy atom. The molecule has 0 aliphatic carbocycles. The number of hydrogen-bond acceptors (Lipinski definition) is 10. The molecule has 5 heterocycles. The van der Waals surface area contributed by atoms with Gasteiger partial charge < -0.3 is 21.0 Å². The molecular weight excluding hydrogens is 520 g/mol. The minimum Gasteiger partial charge on any atom is -0.477 e. The first-order valence-corrected chi connectivity index (χ1v) is 12.8. The molecule has 1 saturated heterocycles. The molecule has 2 amide bonds. The Labute approximate surface area is 218 Å². The molecule has 190 valence electrons. The maximum Gasteiger partial charge on any atom is 0.352 e. The van der Waals surface area contributed by atoms with Crippen molar-refractivity contribution in [2.45, 2.75) is 18.0 Å². The number of amides is 2. The predicted molar refractivity (Wildman–Crippen MR) is 134 cm³/mol. The summed E-state index contributed by atoms with van der Waals surface area (Å²) in [6.07, 6.45) is 5.35. The number of nitrogen functional groups attached to an aromatic ring is 1. The maximum absolute atomic E-state index is 13.1. The number of hydrogen-bond donors (Lipinski definition) is 4. The van der Waals surface area contributed by atoms with Gasteiger partial charge in [-0.2, -0.15) is 5.10 Å². The highest BCUT2D eigenvalue weighted by Gasteiger charge is 2.54. The number of H-pyrrole nitrogens is 1. The summed E-state index contributed by atoms with van der Waals surface area (Å²) < 4.78 is 1.85. The number of thioether (sulfide) groups is 1. The first-order valence-electron chi connectivity index (χ1n) is 10.9. The third-order valence-corrected chi connectivity index (χ3v) is 7.76. The van der Waals surface area contributed by atoms with Gasteiger partial charge in [-0.15, -0.1) is 23.1 Å². The number of pyridine rings is 1. The molecule has 5 rings (SSSR count). The van der Waals surface area contributed by atoms with Gasteiger partial charge in [0.2, 0.25) is 0 Å². The summed E-state index contributed by atoms with van der Waals surface area (Å²) in [6.45, 7) is 0.278. The molecule has 0 radical (unpaired) electrons. The minimum atomic E-state index is -1.21. The first kappa shape index (κ1) is 24.5. The van der Waals surface area contributed by atoms with Crippen molar-refractivity contribution in [2.75, 3.05) is 18.6 Å². The van der Waals surface area contributed by atoms with Crippen molar-refractivity contribution in [1.29, 1.82) is 0 Å². The molecule has 5 N–H and O–H groups in total.